The van der Waals surface area contributed by atoms with Crippen LogP contribution in [0, 0.1) is 17.8 Å². The number of aliphatic hydroxyl groups excluding tert-OH is 4. The van der Waals surface area contributed by atoms with Crippen molar-refractivity contribution in [1.82, 2.24) is 58.6 Å². The maximum Gasteiger partial charge on any atom is 0.173 e. The van der Waals surface area contributed by atoms with Gasteiger partial charge in [-0.1, -0.05) is 69.2 Å². The second kappa shape index (κ2) is 32.1. The lowest BCUT2D eigenvalue weighted by molar-refractivity contribution is -0.0580. The molecule has 9 rings (SSSR count). The Hall–Kier alpha value is -5.27. The Bertz CT molecular complexity index is 2410. The van der Waals surface area contributed by atoms with Gasteiger partial charge in [0.2, 0.25) is 0 Å². The highest BCUT2D eigenvalue weighted by Crippen LogP contribution is 2.38. The minimum Gasteiger partial charge on any atom is -0.390 e. The summed E-state index contributed by atoms with van der Waals surface area (Å²) >= 11 is 6.22. The third-order valence-electron chi connectivity index (χ3n) is 10.8. The molecule has 12 atom stereocenters. The molecule has 3 saturated heterocycles. The topological polar surface area (TPSA) is 370 Å². The first-order chi connectivity index (χ1) is 35.0. The summed E-state index contributed by atoms with van der Waals surface area (Å²) in [7, 11) is 3.07. The summed E-state index contributed by atoms with van der Waals surface area (Å²) in [6.45, 7) is 20.9. The summed E-state index contributed by atoms with van der Waals surface area (Å²) in [5.41, 5.74) is 21.3. The number of methoxy groups -OCH3 is 2. The number of aliphatic hydroxyl groups is 4. The largest absolute Gasteiger partial charge is 0.390 e. The van der Waals surface area contributed by atoms with Crippen molar-refractivity contribution in [3.63, 3.8) is 0 Å². The van der Waals surface area contributed by atoms with Crippen LogP contribution in [-0.4, -0.2) is 160 Å². The SMILES string of the molecule is CC.CC.CC(C)C.CCC1OC(n2cnc3c(N)ncnc32)C(C)C1O.COCC1OC(n2cnc3c(N)ncnc32)C(C)C1O.COCC1OC(n2cnc3c(N)ncnc32)C(O)C1O.O=CS.O=CS. The number of ether oxygens (including phenoxy) is 5. The van der Waals surface area contributed by atoms with Crippen LogP contribution in [0.3, 0.4) is 0 Å². The standard InChI is InChI=1S/C12H17N5O3.C12H17N5O2.C11H15N5O4.C4H10.2C2H6.2CH2OS/c1-6-9(18)7(3-19-2)20-12(6)17-5-16-8-10(13)14-4-15-11(8)17;1-3-7-9(18)6(2)12(19-7)17-5-16-8-10(13)14-4-15-11(8)17;1-19-2-5-7(17)8(18)11(20-5)16-4-15-6-9(12)13-3-14-10(6)16;1-4(2)3;2*1-2;2*2-1-3/h4-7,9,12,18H,3H2,1-2H3,(H2,13,14,15);4-7,9,12,18H,3H2,1-2H3,(H2,13,14,15);3-5,7-8,11,17-18H,2H2,1H3,(H2,12,13,14);4H,1-3H3;2*1-2H3;2*1H,(H,2,3). The van der Waals surface area contributed by atoms with E-state index in [9.17, 15) is 20.4 Å². The third kappa shape index (κ3) is 16.1. The number of hydrogen-bond acceptors (Lipinski definition) is 23. The lowest BCUT2D eigenvalue weighted by Crippen LogP contribution is -2.33. The van der Waals surface area contributed by atoms with Crippen LogP contribution in [0.5, 0.6) is 0 Å². The maximum atomic E-state index is 10.2. The minimum absolute atomic E-state index is 0.0291. The van der Waals surface area contributed by atoms with Gasteiger partial charge in [-0.15, -0.1) is 25.3 Å². The van der Waals surface area contributed by atoms with Crippen molar-refractivity contribution in [2.24, 2.45) is 17.8 Å². The first kappa shape index (κ1) is 63.8. The molecule has 0 aliphatic carbocycles. The van der Waals surface area contributed by atoms with E-state index in [1.807, 2.05) is 53.0 Å². The highest BCUT2D eigenvalue weighted by atomic mass is 32.1. The van der Waals surface area contributed by atoms with Gasteiger partial charge in [-0.3, -0.25) is 23.3 Å². The fraction of sp³-hybridized carbons (Fsp3) is 0.622. The normalized spacial score (nSPS) is 25.6. The first-order valence-corrected chi connectivity index (χ1v) is 24.6. The molecular weight excluding hydrogens is 991 g/mol. The molecule has 0 aromatic carbocycles. The number of anilines is 3. The smallest absolute Gasteiger partial charge is 0.173 e. The predicted octanol–water partition coefficient (Wildman–Crippen LogP) is 3.26. The summed E-state index contributed by atoms with van der Waals surface area (Å²) in [5, 5.41) is 40.4. The van der Waals surface area contributed by atoms with Crippen LogP contribution in [-0.2, 0) is 33.3 Å². The van der Waals surface area contributed by atoms with E-state index in [0.29, 0.717) is 63.0 Å². The number of aromatic nitrogens is 12. The van der Waals surface area contributed by atoms with E-state index in [0.717, 1.165) is 12.3 Å². The van der Waals surface area contributed by atoms with Gasteiger partial charge in [0.25, 0.3) is 0 Å². The molecule has 6 aromatic rings. The van der Waals surface area contributed by atoms with E-state index in [1.165, 1.54) is 37.0 Å². The number of rotatable bonds is 8. The van der Waals surface area contributed by atoms with Crippen LogP contribution >= 0.6 is 25.3 Å². The number of nitrogens with two attached hydrogens (primary N) is 3. The van der Waals surface area contributed by atoms with E-state index in [2.05, 4.69) is 90.9 Å². The Labute approximate surface area is 435 Å². The Kier molecular flexibility index (Phi) is 28.1. The van der Waals surface area contributed by atoms with Gasteiger partial charge in [0.15, 0.2) is 51.9 Å². The van der Waals surface area contributed by atoms with Crippen LogP contribution in [0.15, 0.2) is 38.0 Å². The van der Waals surface area contributed by atoms with Gasteiger partial charge in [-0.2, -0.15) is 0 Å². The molecule has 10 N–H and O–H groups in total. The molecule has 408 valence electrons. The average molecular weight is 1070 g/mol. The highest BCUT2D eigenvalue weighted by molar-refractivity contribution is 7.94. The van der Waals surface area contributed by atoms with E-state index >= 15 is 0 Å². The Morgan fingerprint density at radius 3 is 1.16 bits per heavy atom. The van der Waals surface area contributed by atoms with Gasteiger partial charge >= 0.3 is 0 Å². The molecule has 12 unspecified atom stereocenters. The first-order valence-electron chi connectivity index (χ1n) is 23.6. The summed E-state index contributed by atoms with van der Waals surface area (Å²) in [4.78, 5) is 54.0. The van der Waals surface area contributed by atoms with E-state index < -0.39 is 36.7 Å². The van der Waals surface area contributed by atoms with Crippen molar-refractivity contribution in [2.45, 2.75) is 137 Å². The lowest BCUT2D eigenvalue weighted by atomic mass is 10.0. The fourth-order valence-electron chi connectivity index (χ4n) is 7.49. The molecule has 6 aromatic heterocycles. The molecule has 3 aliphatic rings. The zero-order chi connectivity index (χ0) is 55.1. The summed E-state index contributed by atoms with van der Waals surface area (Å²) in [6, 6.07) is 0. The minimum atomic E-state index is -1.11. The molecule has 9 heterocycles. The number of nitrogens with zero attached hydrogens (tertiary/aromatic N) is 12. The van der Waals surface area contributed by atoms with E-state index in [-0.39, 0.29) is 48.9 Å². The van der Waals surface area contributed by atoms with E-state index in [1.54, 1.807) is 24.3 Å². The van der Waals surface area contributed by atoms with Gasteiger partial charge in [0.05, 0.1) is 50.5 Å². The molecule has 26 nitrogen and oxygen atoms in total. The lowest BCUT2D eigenvalue weighted by Gasteiger charge is -2.17. The molecule has 0 saturated carbocycles. The second-order valence-corrected chi connectivity index (χ2v) is 16.8. The van der Waals surface area contributed by atoms with Gasteiger partial charge in [0.1, 0.15) is 72.4 Å². The van der Waals surface area contributed by atoms with Crippen molar-refractivity contribution in [3.05, 3.63) is 38.0 Å². The van der Waals surface area contributed by atoms with Gasteiger partial charge < -0.3 is 61.3 Å². The predicted molar refractivity (Wildman–Crippen MR) is 282 cm³/mol. The summed E-state index contributed by atoms with van der Waals surface area (Å²) in [6.07, 6.45) is 3.77. The molecule has 0 spiro atoms. The molecular formula is C45H75N15O11S2. The Morgan fingerprint density at radius 2 is 0.849 bits per heavy atom. The van der Waals surface area contributed by atoms with Crippen molar-refractivity contribution in [2.75, 3.05) is 44.6 Å². The molecule has 0 radical (unpaired) electrons. The number of hydrogen-bond donors (Lipinski definition) is 9. The second-order valence-electron chi connectivity index (χ2n) is 16.4. The monoisotopic (exact) mass is 1070 g/mol. The van der Waals surface area contributed by atoms with Crippen LogP contribution in [0.4, 0.5) is 17.5 Å². The van der Waals surface area contributed by atoms with Crippen molar-refractivity contribution in [3.8, 4) is 0 Å². The van der Waals surface area contributed by atoms with Crippen molar-refractivity contribution in [1.29, 1.82) is 0 Å². The Morgan fingerprint density at radius 1 is 0.562 bits per heavy atom. The van der Waals surface area contributed by atoms with Crippen molar-refractivity contribution < 1.29 is 53.7 Å². The Balaban J connectivity index is 0.000000332. The molecule has 0 amide bonds. The number of carbonyl (C=O) groups is 2. The van der Waals surface area contributed by atoms with E-state index in [4.69, 9.17) is 50.5 Å². The number of fused-ring (bicyclic) bond motifs is 3. The molecule has 0 bridgehead atoms. The fourth-order valence-corrected chi connectivity index (χ4v) is 7.49. The van der Waals surface area contributed by atoms with Crippen LogP contribution in [0.25, 0.3) is 33.5 Å². The number of imidazole rings is 3. The van der Waals surface area contributed by atoms with Gasteiger partial charge in [-0.25, -0.2) is 44.9 Å². The van der Waals surface area contributed by atoms with Gasteiger partial charge in [0, 0.05) is 26.1 Å². The third-order valence-corrected chi connectivity index (χ3v) is 10.8. The number of nitrogen functional groups attached to an aromatic ring is 3. The average Bonchev–Trinajstić information content (AvgIpc) is 4.24. The quantitative estimate of drug-likeness (QED) is 0.0780. The zero-order valence-electron chi connectivity index (χ0n) is 43.4. The summed E-state index contributed by atoms with van der Waals surface area (Å²) < 4.78 is 32.5. The molecule has 3 fully saturated rings. The number of carbonyl (C=O) groups excluding carboxylic acids is 2. The van der Waals surface area contributed by atoms with Crippen LogP contribution in [0.1, 0.15) is 94.3 Å². The zero-order valence-corrected chi connectivity index (χ0v) is 45.2. The van der Waals surface area contributed by atoms with Gasteiger partial charge in [-0.05, 0) is 12.3 Å². The molecule has 73 heavy (non-hydrogen) atoms. The molecule has 3 aliphatic heterocycles. The molecule has 28 heteroatoms. The van der Waals surface area contributed by atoms with Crippen molar-refractivity contribution >= 4 is 87.4 Å². The highest BCUT2D eigenvalue weighted by Gasteiger charge is 2.45. The van der Waals surface area contributed by atoms with Crippen LogP contribution < -0.4 is 17.2 Å². The maximum absolute atomic E-state index is 10.2. The summed E-state index contributed by atoms with van der Waals surface area (Å²) in [5.74, 6) is 1.62. The number of thiol groups is 2. The van der Waals surface area contributed by atoms with Crippen LogP contribution in [0.2, 0.25) is 0 Å².